The van der Waals surface area contributed by atoms with Crippen LogP contribution in [0.25, 0.3) is 0 Å². The van der Waals surface area contributed by atoms with Crippen molar-refractivity contribution in [2.75, 3.05) is 13.2 Å². The summed E-state index contributed by atoms with van der Waals surface area (Å²) in [6, 6.07) is 0. The number of rotatable bonds is 1. The zero-order chi connectivity index (χ0) is 19.2. The van der Waals surface area contributed by atoms with Gasteiger partial charge in [0, 0.05) is 11.8 Å². The van der Waals surface area contributed by atoms with Crippen molar-refractivity contribution in [3.8, 4) is 0 Å². The lowest BCUT2D eigenvalue weighted by atomic mass is 9.45. The van der Waals surface area contributed by atoms with Gasteiger partial charge in [-0.3, -0.25) is 4.79 Å². The molecule has 0 amide bonds. The Kier molecular flexibility index (Phi) is 3.66. The number of aliphatic hydroxyl groups is 4. The molecule has 8 atom stereocenters. The van der Waals surface area contributed by atoms with Gasteiger partial charge in [-0.05, 0) is 67.8 Å². The number of ether oxygens (including phenoxy) is 1. The number of carbonyl (C=O) groups excluding carboxylic acids is 1. The fraction of sp³-hybridized carbons (Fsp3) is 0.857. The van der Waals surface area contributed by atoms with Crippen molar-refractivity contribution >= 4 is 5.78 Å². The van der Waals surface area contributed by atoms with Crippen LogP contribution < -0.4 is 0 Å². The average molecular weight is 378 g/mol. The quantitative estimate of drug-likeness (QED) is 0.540. The molecule has 4 N–H and O–H groups in total. The largest absolute Gasteiger partial charge is 0.393 e. The van der Waals surface area contributed by atoms with Crippen molar-refractivity contribution in [2.45, 2.75) is 69.4 Å². The molecule has 0 radical (unpaired) electrons. The van der Waals surface area contributed by atoms with E-state index in [9.17, 15) is 25.2 Å². The second-order valence-electron chi connectivity index (χ2n) is 9.95. The van der Waals surface area contributed by atoms with Crippen LogP contribution >= 0.6 is 0 Å². The lowest BCUT2D eigenvalue weighted by Crippen LogP contribution is -2.64. The van der Waals surface area contributed by atoms with Crippen LogP contribution in [0.4, 0.5) is 0 Å². The third-order valence-corrected chi connectivity index (χ3v) is 9.19. The number of allylic oxidation sites excluding steroid dienone is 1. The predicted molar refractivity (Wildman–Crippen MR) is 95.4 cm³/mol. The van der Waals surface area contributed by atoms with Gasteiger partial charge in [0.2, 0.25) is 5.79 Å². The van der Waals surface area contributed by atoms with E-state index in [1.165, 1.54) is 5.57 Å². The standard InChI is InChI=1S/C21H30O6/c1-18-6-4-13(23)8-12(18)2-3-14-15-5-7-20(25)19(15,9-16(24)17(14)18)11-27-21(20,26)10-22/h8,14-17,22,24-26H,2-7,9-11H2,1H3/t14-,15-,16-,17+,18-,19+,20+,21?/m0/s1. The van der Waals surface area contributed by atoms with E-state index >= 15 is 0 Å². The van der Waals surface area contributed by atoms with Crippen LogP contribution in [0.15, 0.2) is 11.6 Å². The second-order valence-corrected chi connectivity index (χ2v) is 9.95. The molecule has 5 rings (SSSR count). The number of carbonyl (C=O) groups is 1. The third kappa shape index (κ3) is 1.96. The molecule has 0 aromatic heterocycles. The number of hydrogen-bond donors (Lipinski definition) is 4. The van der Waals surface area contributed by atoms with Crippen LogP contribution in [0.5, 0.6) is 0 Å². The van der Waals surface area contributed by atoms with E-state index in [2.05, 4.69) is 6.92 Å². The molecule has 1 saturated heterocycles. The Balaban J connectivity index is 1.56. The van der Waals surface area contributed by atoms with Gasteiger partial charge in [0.15, 0.2) is 5.78 Å². The number of aliphatic hydroxyl groups excluding tert-OH is 2. The van der Waals surface area contributed by atoms with Gasteiger partial charge < -0.3 is 25.2 Å². The molecule has 6 nitrogen and oxygen atoms in total. The Hall–Kier alpha value is -0.790. The molecular weight excluding hydrogens is 348 g/mol. The topological polar surface area (TPSA) is 107 Å². The molecule has 0 bridgehead atoms. The van der Waals surface area contributed by atoms with Gasteiger partial charge in [0.05, 0.1) is 12.7 Å². The van der Waals surface area contributed by atoms with Gasteiger partial charge in [-0.15, -0.1) is 0 Å². The van der Waals surface area contributed by atoms with Crippen LogP contribution in [-0.2, 0) is 9.53 Å². The summed E-state index contributed by atoms with van der Waals surface area (Å²) in [6.45, 7) is 1.72. The molecule has 6 heteroatoms. The predicted octanol–water partition coefficient (Wildman–Crippen LogP) is 0.911. The van der Waals surface area contributed by atoms with Crippen molar-refractivity contribution in [3.05, 3.63) is 11.6 Å². The highest BCUT2D eigenvalue weighted by Gasteiger charge is 2.77. The van der Waals surface area contributed by atoms with Gasteiger partial charge in [0.25, 0.3) is 0 Å². The van der Waals surface area contributed by atoms with Crippen LogP contribution in [0, 0.1) is 28.6 Å². The summed E-state index contributed by atoms with van der Waals surface area (Å²) in [6.07, 6.45) is 5.75. The van der Waals surface area contributed by atoms with E-state index in [1.807, 2.05) is 6.08 Å². The molecule has 1 aliphatic heterocycles. The maximum absolute atomic E-state index is 11.9. The van der Waals surface area contributed by atoms with E-state index in [1.54, 1.807) is 0 Å². The van der Waals surface area contributed by atoms with Crippen LogP contribution in [-0.4, -0.2) is 56.9 Å². The Morgan fingerprint density at radius 3 is 2.74 bits per heavy atom. The molecule has 3 saturated carbocycles. The minimum atomic E-state index is -1.95. The summed E-state index contributed by atoms with van der Waals surface area (Å²) < 4.78 is 5.58. The van der Waals surface area contributed by atoms with Crippen molar-refractivity contribution in [1.29, 1.82) is 0 Å². The van der Waals surface area contributed by atoms with E-state index < -0.39 is 29.5 Å². The smallest absolute Gasteiger partial charge is 0.219 e. The fourth-order valence-electron chi connectivity index (χ4n) is 7.90. The van der Waals surface area contributed by atoms with Crippen molar-refractivity contribution in [2.24, 2.45) is 28.6 Å². The summed E-state index contributed by atoms with van der Waals surface area (Å²) >= 11 is 0. The zero-order valence-corrected chi connectivity index (χ0v) is 15.9. The van der Waals surface area contributed by atoms with Crippen LogP contribution in [0.2, 0.25) is 0 Å². The second kappa shape index (κ2) is 5.42. The van der Waals surface area contributed by atoms with Crippen molar-refractivity contribution < 1.29 is 30.0 Å². The minimum Gasteiger partial charge on any atom is -0.393 e. The Morgan fingerprint density at radius 2 is 2.00 bits per heavy atom. The Labute approximate surface area is 159 Å². The summed E-state index contributed by atoms with van der Waals surface area (Å²) in [5, 5.41) is 43.2. The first-order valence-electron chi connectivity index (χ1n) is 10.3. The van der Waals surface area contributed by atoms with Crippen molar-refractivity contribution in [3.63, 3.8) is 0 Å². The Morgan fingerprint density at radius 1 is 1.22 bits per heavy atom. The molecule has 4 aliphatic carbocycles. The molecule has 0 aromatic rings. The van der Waals surface area contributed by atoms with E-state index in [4.69, 9.17) is 4.74 Å². The summed E-state index contributed by atoms with van der Waals surface area (Å²) in [5.41, 5.74) is -1.23. The molecular formula is C21H30O6. The maximum Gasteiger partial charge on any atom is 0.219 e. The highest BCUT2D eigenvalue weighted by molar-refractivity contribution is 5.91. The van der Waals surface area contributed by atoms with E-state index in [0.717, 1.165) is 25.7 Å². The van der Waals surface area contributed by atoms with Gasteiger partial charge in [-0.2, -0.15) is 0 Å². The molecule has 27 heavy (non-hydrogen) atoms. The molecule has 1 heterocycles. The normalized spacial score (nSPS) is 56.8. The Bertz CT molecular complexity index is 719. The van der Waals surface area contributed by atoms with Gasteiger partial charge in [0.1, 0.15) is 12.2 Å². The monoisotopic (exact) mass is 378 g/mol. The summed E-state index contributed by atoms with van der Waals surface area (Å²) in [5.74, 6) is -1.33. The van der Waals surface area contributed by atoms with Crippen LogP contribution in [0.3, 0.4) is 0 Å². The lowest BCUT2D eigenvalue weighted by Gasteiger charge is -2.60. The van der Waals surface area contributed by atoms with Gasteiger partial charge >= 0.3 is 0 Å². The number of ketones is 1. The third-order valence-electron chi connectivity index (χ3n) is 9.19. The van der Waals surface area contributed by atoms with Crippen molar-refractivity contribution in [1.82, 2.24) is 0 Å². The molecule has 1 spiro atoms. The molecule has 150 valence electrons. The average Bonchev–Trinajstić information content (AvgIpc) is 3.04. The number of fused-ring (bicyclic) bond motifs is 4. The molecule has 0 aromatic carbocycles. The first-order valence-corrected chi connectivity index (χ1v) is 10.3. The SMILES string of the molecule is C[C@]12CCC(=O)C=C1CC[C@@H]1[C@@H]2[C@@H](O)C[C@]23COC(O)(CO)[C@@]2(O)CC[C@@H]13. The summed E-state index contributed by atoms with van der Waals surface area (Å²) in [4.78, 5) is 11.9. The lowest BCUT2D eigenvalue weighted by molar-refractivity contribution is -0.280. The number of hydrogen-bond acceptors (Lipinski definition) is 6. The van der Waals surface area contributed by atoms with E-state index in [-0.39, 0.29) is 35.6 Å². The molecule has 1 unspecified atom stereocenters. The van der Waals surface area contributed by atoms with E-state index in [0.29, 0.717) is 19.3 Å². The summed E-state index contributed by atoms with van der Waals surface area (Å²) in [7, 11) is 0. The highest BCUT2D eigenvalue weighted by atomic mass is 16.7. The van der Waals surface area contributed by atoms with Crippen LogP contribution in [0.1, 0.15) is 51.9 Å². The zero-order valence-electron chi connectivity index (χ0n) is 15.9. The minimum absolute atomic E-state index is 0.0615. The fourth-order valence-corrected chi connectivity index (χ4v) is 7.90. The molecule has 4 fully saturated rings. The first kappa shape index (κ1) is 18.3. The maximum atomic E-state index is 11.9. The first-order chi connectivity index (χ1) is 12.7. The van der Waals surface area contributed by atoms with Gasteiger partial charge in [-0.1, -0.05) is 12.5 Å². The highest BCUT2D eigenvalue weighted by Crippen LogP contribution is 2.71. The molecule has 5 aliphatic rings. The van der Waals surface area contributed by atoms with Gasteiger partial charge in [-0.25, -0.2) is 0 Å².